The smallest absolute Gasteiger partial charge is 0.318 e. The van der Waals surface area contributed by atoms with Crippen LogP contribution < -0.4 is 14.8 Å². The zero-order valence-electron chi connectivity index (χ0n) is 16.1. The van der Waals surface area contributed by atoms with Gasteiger partial charge in [0.1, 0.15) is 13.2 Å². The Bertz CT molecular complexity index is 815. The van der Waals surface area contributed by atoms with Crippen molar-refractivity contribution in [1.29, 1.82) is 0 Å². The molecule has 1 saturated heterocycles. The van der Waals surface area contributed by atoms with Crippen LogP contribution in [0.3, 0.4) is 0 Å². The number of hydrogen-bond donors (Lipinski definition) is 1. The van der Waals surface area contributed by atoms with Crippen LogP contribution in [0, 0.1) is 0 Å². The summed E-state index contributed by atoms with van der Waals surface area (Å²) in [5.74, 6) is 3.43. The van der Waals surface area contributed by atoms with Gasteiger partial charge in [-0.2, -0.15) is 11.8 Å². The summed E-state index contributed by atoms with van der Waals surface area (Å²) < 4.78 is 11.3. The fraction of sp³-hybridized carbons (Fsp3) is 0.409. The lowest BCUT2D eigenvalue weighted by Gasteiger charge is -2.36. The van der Waals surface area contributed by atoms with E-state index in [-0.39, 0.29) is 18.1 Å². The van der Waals surface area contributed by atoms with Crippen LogP contribution in [-0.4, -0.2) is 42.2 Å². The number of carbonyl (C=O) groups excluding carboxylic acids is 1. The molecule has 1 N–H and O–H groups in total. The predicted octanol–water partition coefficient (Wildman–Crippen LogP) is 4.41. The van der Waals surface area contributed by atoms with E-state index in [0.717, 1.165) is 41.5 Å². The molecule has 148 valence electrons. The van der Waals surface area contributed by atoms with Crippen LogP contribution in [0.5, 0.6) is 11.5 Å². The van der Waals surface area contributed by atoms with E-state index in [1.54, 1.807) is 0 Å². The molecule has 5 nitrogen and oxygen atoms in total. The van der Waals surface area contributed by atoms with Gasteiger partial charge < -0.3 is 19.7 Å². The number of nitrogens with one attached hydrogen (secondary N) is 1. The molecule has 0 spiro atoms. The molecule has 2 aromatic carbocycles. The molecule has 2 amide bonds. The van der Waals surface area contributed by atoms with Crippen molar-refractivity contribution in [1.82, 2.24) is 10.2 Å². The van der Waals surface area contributed by atoms with E-state index in [4.69, 9.17) is 9.47 Å². The first kappa shape index (κ1) is 19.0. The summed E-state index contributed by atoms with van der Waals surface area (Å²) in [6, 6.07) is 16.3. The first-order valence-electron chi connectivity index (χ1n) is 9.85. The van der Waals surface area contributed by atoms with Crippen molar-refractivity contribution in [2.24, 2.45) is 0 Å². The number of benzene rings is 2. The van der Waals surface area contributed by atoms with Crippen LogP contribution in [0.4, 0.5) is 4.79 Å². The zero-order chi connectivity index (χ0) is 19.3. The van der Waals surface area contributed by atoms with Gasteiger partial charge in [-0.1, -0.05) is 43.3 Å². The summed E-state index contributed by atoms with van der Waals surface area (Å²) in [4.78, 5) is 15.1. The highest BCUT2D eigenvalue weighted by Crippen LogP contribution is 2.34. The molecule has 0 radical (unpaired) electrons. The largest absolute Gasteiger partial charge is 0.486 e. The molecule has 1 fully saturated rings. The highest BCUT2D eigenvalue weighted by Gasteiger charge is 2.29. The van der Waals surface area contributed by atoms with Crippen LogP contribution in [0.15, 0.2) is 48.5 Å². The van der Waals surface area contributed by atoms with Crippen molar-refractivity contribution in [3.63, 3.8) is 0 Å². The number of carbonyl (C=O) groups is 1. The highest BCUT2D eigenvalue weighted by atomic mass is 32.2. The number of amides is 2. The Balaban J connectivity index is 1.50. The van der Waals surface area contributed by atoms with Crippen molar-refractivity contribution in [2.75, 3.05) is 31.3 Å². The van der Waals surface area contributed by atoms with Crippen LogP contribution in [-0.2, 0) is 0 Å². The number of ether oxygens (including phenoxy) is 2. The third-order valence-electron chi connectivity index (χ3n) is 5.25. The van der Waals surface area contributed by atoms with Gasteiger partial charge in [-0.05, 0) is 29.7 Å². The molecule has 2 atom stereocenters. The van der Waals surface area contributed by atoms with Crippen molar-refractivity contribution in [2.45, 2.75) is 25.4 Å². The molecule has 0 saturated carbocycles. The molecule has 0 bridgehead atoms. The molecule has 0 aromatic heterocycles. The standard InChI is InChI=1S/C22H26N2O3S/c1-2-18(17-8-9-20-21(14-17)27-12-11-26-20)23-22(25)24-10-13-28-15-19(24)16-6-4-3-5-7-16/h3-9,14,18-19H,2,10-13,15H2,1H3,(H,23,25)/t18-,19+/m1/s1. The summed E-state index contributed by atoms with van der Waals surface area (Å²) >= 11 is 1.90. The Kier molecular flexibility index (Phi) is 5.95. The van der Waals surface area contributed by atoms with Gasteiger partial charge in [0.2, 0.25) is 0 Å². The molecule has 0 aliphatic carbocycles. The van der Waals surface area contributed by atoms with Gasteiger partial charge >= 0.3 is 6.03 Å². The molecule has 0 unspecified atom stereocenters. The Morgan fingerprint density at radius 2 is 1.96 bits per heavy atom. The van der Waals surface area contributed by atoms with E-state index < -0.39 is 0 Å². The fourth-order valence-electron chi connectivity index (χ4n) is 3.73. The molecule has 2 heterocycles. The summed E-state index contributed by atoms with van der Waals surface area (Å²) in [7, 11) is 0. The first-order chi connectivity index (χ1) is 13.8. The number of urea groups is 1. The average Bonchev–Trinajstić information content (AvgIpc) is 2.77. The Labute approximate surface area is 170 Å². The maximum absolute atomic E-state index is 13.2. The van der Waals surface area contributed by atoms with Crippen molar-refractivity contribution in [3.05, 3.63) is 59.7 Å². The lowest BCUT2D eigenvalue weighted by molar-refractivity contribution is 0.170. The van der Waals surface area contributed by atoms with Crippen molar-refractivity contribution in [3.8, 4) is 11.5 Å². The molecule has 2 aliphatic rings. The minimum atomic E-state index is -0.0608. The summed E-state index contributed by atoms with van der Waals surface area (Å²) in [6.45, 7) is 3.98. The topological polar surface area (TPSA) is 50.8 Å². The van der Waals surface area contributed by atoms with Crippen molar-refractivity contribution >= 4 is 17.8 Å². The van der Waals surface area contributed by atoms with Crippen LogP contribution in [0.2, 0.25) is 0 Å². The predicted molar refractivity (Wildman–Crippen MR) is 112 cm³/mol. The van der Waals surface area contributed by atoms with Crippen LogP contribution in [0.1, 0.15) is 36.6 Å². The highest BCUT2D eigenvalue weighted by molar-refractivity contribution is 7.99. The fourth-order valence-corrected chi connectivity index (χ4v) is 4.82. The summed E-state index contributed by atoms with van der Waals surface area (Å²) in [6.07, 6.45) is 0.810. The summed E-state index contributed by atoms with van der Waals surface area (Å²) in [5.41, 5.74) is 2.24. The quantitative estimate of drug-likeness (QED) is 0.829. The maximum Gasteiger partial charge on any atom is 0.318 e. The maximum atomic E-state index is 13.2. The number of thioether (sulfide) groups is 1. The number of fused-ring (bicyclic) bond motifs is 1. The molecular weight excluding hydrogens is 372 g/mol. The SMILES string of the molecule is CC[C@@H](NC(=O)N1CCSC[C@H]1c1ccccc1)c1ccc2c(c1)OCCO2. The Hall–Kier alpha value is -2.34. The van der Waals surface area contributed by atoms with Crippen LogP contribution in [0.25, 0.3) is 0 Å². The third-order valence-corrected chi connectivity index (χ3v) is 6.27. The number of nitrogens with zero attached hydrogens (tertiary/aromatic N) is 1. The Morgan fingerprint density at radius 1 is 1.18 bits per heavy atom. The second-order valence-corrected chi connectivity index (χ2v) is 8.16. The van der Waals surface area contributed by atoms with E-state index in [0.29, 0.717) is 13.2 Å². The molecule has 28 heavy (non-hydrogen) atoms. The second kappa shape index (κ2) is 8.78. The van der Waals surface area contributed by atoms with E-state index in [9.17, 15) is 4.79 Å². The van der Waals surface area contributed by atoms with Crippen LogP contribution >= 0.6 is 11.8 Å². The molecule has 2 aliphatic heterocycles. The normalized spacial score (nSPS) is 19.8. The van der Waals surface area contributed by atoms with Crippen molar-refractivity contribution < 1.29 is 14.3 Å². The van der Waals surface area contributed by atoms with E-state index in [1.165, 1.54) is 5.56 Å². The van der Waals surface area contributed by atoms with Gasteiger partial charge in [-0.15, -0.1) is 0 Å². The second-order valence-electron chi connectivity index (χ2n) is 7.01. The lowest BCUT2D eigenvalue weighted by atomic mass is 10.0. The van der Waals surface area contributed by atoms with Gasteiger partial charge in [0.05, 0.1) is 12.1 Å². The lowest BCUT2D eigenvalue weighted by Crippen LogP contribution is -2.47. The van der Waals surface area contributed by atoms with Gasteiger partial charge in [-0.3, -0.25) is 0 Å². The molecule has 2 aromatic rings. The monoisotopic (exact) mass is 398 g/mol. The Morgan fingerprint density at radius 3 is 2.75 bits per heavy atom. The third kappa shape index (κ3) is 4.07. The summed E-state index contributed by atoms with van der Waals surface area (Å²) in [5, 5.41) is 3.24. The zero-order valence-corrected chi connectivity index (χ0v) is 16.9. The first-order valence-corrected chi connectivity index (χ1v) is 11.0. The van der Waals surface area contributed by atoms with Gasteiger partial charge in [0.15, 0.2) is 11.5 Å². The minimum Gasteiger partial charge on any atom is -0.486 e. The van der Waals surface area contributed by atoms with Gasteiger partial charge in [-0.25, -0.2) is 4.79 Å². The van der Waals surface area contributed by atoms with E-state index >= 15 is 0 Å². The van der Waals surface area contributed by atoms with Gasteiger partial charge in [0, 0.05) is 18.1 Å². The average molecular weight is 399 g/mol. The van der Waals surface area contributed by atoms with E-state index in [2.05, 4.69) is 24.4 Å². The molecule has 6 heteroatoms. The molecule has 4 rings (SSSR count). The van der Waals surface area contributed by atoms with Gasteiger partial charge in [0.25, 0.3) is 0 Å². The molecular formula is C22H26N2O3S. The minimum absolute atomic E-state index is 0.00380. The van der Waals surface area contributed by atoms with E-state index in [1.807, 2.05) is 53.1 Å². The number of rotatable bonds is 4. The number of hydrogen-bond acceptors (Lipinski definition) is 4.